The number of benzene rings is 2. The van der Waals surface area contributed by atoms with Crippen LogP contribution in [0.3, 0.4) is 0 Å². The molecule has 1 amide bonds. The molecule has 4 nitrogen and oxygen atoms in total. The number of hydrogen-bond donors (Lipinski definition) is 1. The number of nitrogens with zero attached hydrogens (tertiary/aromatic N) is 1. The number of carbonyl (C=O) groups excluding carboxylic acids is 1. The molecule has 0 spiro atoms. The molecule has 0 aliphatic carbocycles. The zero-order valence-corrected chi connectivity index (χ0v) is 14.3. The lowest BCUT2D eigenvalue weighted by molar-refractivity contribution is -0.123. The Bertz CT molecular complexity index is 789. The molecule has 2 aromatic rings. The van der Waals surface area contributed by atoms with Gasteiger partial charge in [0.25, 0.3) is 5.91 Å². The van der Waals surface area contributed by atoms with Crippen molar-refractivity contribution in [3.8, 4) is 5.75 Å². The monoisotopic (exact) mass is 346 g/mol. The van der Waals surface area contributed by atoms with E-state index in [1.807, 2.05) is 39.0 Å². The summed E-state index contributed by atoms with van der Waals surface area (Å²) in [5.41, 5.74) is 4.68. The molecule has 132 valence electrons. The van der Waals surface area contributed by atoms with Gasteiger partial charge in [-0.3, -0.25) is 4.79 Å². The van der Waals surface area contributed by atoms with Crippen LogP contribution >= 0.6 is 0 Å². The number of hydrogen-bond acceptors (Lipinski definition) is 3. The molecule has 0 atom stereocenters. The van der Waals surface area contributed by atoms with Gasteiger partial charge in [0.2, 0.25) is 0 Å². The fourth-order valence-corrected chi connectivity index (χ4v) is 2.19. The lowest BCUT2D eigenvalue weighted by Gasteiger charge is -2.14. The van der Waals surface area contributed by atoms with Crippen molar-refractivity contribution >= 4 is 12.1 Å². The summed E-state index contributed by atoms with van der Waals surface area (Å²) >= 11 is 0. The first-order valence-electron chi connectivity index (χ1n) is 7.87. The topological polar surface area (TPSA) is 50.7 Å². The van der Waals surface area contributed by atoms with Crippen LogP contribution in [0.2, 0.25) is 0 Å². The predicted molar refractivity (Wildman–Crippen MR) is 92.9 cm³/mol. The number of halogens is 2. The first-order valence-corrected chi connectivity index (χ1v) is 7.87. The van der Waals surface area contributed by atoms with Crippen molar-refractivity contribution in [1.29, 1.82) is 0 Å². The van der Waals surface area contributed by atoms with Crippen molar-refractivity contribution in [3.05, 3.63) is 64.7 Å². The Morgan fingerprint density at radius 1 is 1.20 bits per heavy atom. The minimum absolute atomic E-state index is 0.196. The van der Waals surface area contributed by atoms with E-state index in [9.17, 15) is 13.6 Å². The van der Waals surface area contributed by atoms with Gasteiger partial charge in [0.1, 0.15) is 5.75 Å². The molecule has 0 radical (unpaired) electrons. The fourth-order valence-electron chi connectivity index (χ4n) is 2.19. The molecule has 25 heavy (non-hydrogen) atoms. The summed E-state index contributed by atoms with van der Waals surface area (Å²) in [6.45, 7) is 5.84. The number of carbonyl (C=O) groups is 1. The van der Waals surface area contributed by atoms with Gasteiger partial charge in [0.15, 0.2) is 18.2 Å². The Morgan fingerprint density at radius 2 is 1.96 bits per heavy atom. The predicted octanol–water partition coefficient (Wildman–Crippen LogP) is 3.93. The van der Waals surface area contributed by atoms with Gasteiger partial charge in [-0.25, -0.2) is 14.2 Å². The number of hydrazone groups is 1. The molecule has 0 bridgehead atoms. The van der Waals surface area contributed by atoms with Gasteiger partial charge in [0.05, 0.1) is 6.21 Å². The normalized spacial score (nSPS) is 11.1. The molecular formula is C19H20F2N2O2. The zero-order chi connectivity index (χ0) is 18.4. The van der Waals surface area contributed by atoms with E-state index in [2.05, 4.69) is 10.5 Å². The average molecular weight is 346 g/mol. The third kappa shape index (κ3) is 5.38. The van der Waals surface area contributed by atoms with E-state index >= 15 is 0 Å². The van der Waals surface area contributed by atoms with Crippen LogP contribution in [-0.4, -0.2) is 18.7 Å². The van der Waals surface area contributed by atoms with Crippen LogP contribution < -0.4 is 10.2 Å². The maximum atomic E-state index is 13.1. The number of aryl methyl sites for hydroxylation is 1. The molecule has 6 heteroatoms. The third-order valence-corrected chi connectivity index (χ3v) is 3.50. The van der Waals surface area contributed by atoms with Gasteiger partial charge in [-0.15, -0.1) is 0 Å². The number of rotatable bonds is 6. The van der Waals surface area contributed by atoms with Crippen molar-refractivity contribution in [2.45, 2.75) is 26.7 Å². The van der Waals surface area contributed by atoms with Crippen LogP contribution in [0.25, 0.3) is 0 Å². The summed E-state index contributed by atoms with van der Waals surface area (Å²) < 4.78 is 31.5. The van der Waals surface area contributed by atoms with Crippen molar-refractivity contribution in [2.75, 3.05) is 6.61 Å². The van der Waals surface area contributed by atoms with E-state index in [-0.39, 0.29) is 12.5 Å². The van der Waals surface area contributed by atoms with E-state index in [4.69, 9.17) is 4.74 Å². The standard InChI is InChI=1S/C19H20F2N2O2/c1-12(2)15-6-4-13(3)8-18(15)25-11-19(24)23-22-10-14-5-7-16(20)17(21)9-14/h4-10,12H,11H2,1-3H3,(H,23,24)/b22-10+. The molecular weight excluding hydrogens is 326 g/mol. The number of nitrogens with one attached hydrogen (secondary N) is 1. The highest BCUT2D eigenvalue weighted by Crippen LogP contribution is 2.27. The maximum absolute atomic E-state index is 13.1. The molecule has 0 unspecified atom stereocenters. The first kappa shape index (κ1) is 18.6. The molecule has 0 heterocycles. The molecule has 2 rings (SSSR count). The van der Waals surface area contributed by atoms with Crippen LogP contribution in [0.4, 0.5) is 8.78 Å². The smallest absolute Gasteiger partial charge is 0.277 e. The molecule has 1 N–H and O–H groups in total. The van der Waals surface area contributed by atoms with Crippen LogP contribution in [0, 0.1) is 18.6 Å². The summed E-state index contributed by atoms with van der Waals surface area (Å²) in [5.74, 6) is -1.43. The van der Waals surface area contributed by atoms with Crippen molar-refractivity contribution in [1.82, 2.24) is 5.43 Å². The Balaban J connectivity index is 1.92. The summed E-state index contributed by atoms with van der Waals surface area (Å²) in [5, 5.41) is 3.71. The Labute approximate surface area is 145 Å². The van der Waals surface area contributed by atoms with E-state index < -0.39 is 17.5 Å². The van der Waals surface area contributed by atoms with Gasteiger partial charge in [-0.1, -0.05) is 32.0 Å². The van der Waals surface area contributed by atoms with Crippen molar-refractivity contribution in [3.63, 3.8) is 0 Å². The van der Waals surface area contributed by atoms with Gasteiger partial charge in [-0.2, -0.15) is 5.10 Å². The second kappa shape index (κ2) is 8.37. The summed E-state index contributed by atoms with van der Waals surface area (Å²) in [4.78, 5) is 11.8. The van der Waals surface area contributed by atoms with Gasteiger partial charge in [-0.05, 0) is 47.7 Å². The molecule has 0 saturated heterocycles. The van der Waals surface area contributed by atoms with Crippen LogP contribution in [-0.2, 0) is 4.79 Å². The highest BCUT2D eigenvalue weighted by Gasteiger charge is 2.10. The first-order chi connectivity index (χ1) is 11.9. The van der Waals surface area contributed by atoms with E-state index in [1.54, 1.807) is 0 Å². The molecule has 0 saturated carbocycles. The van der Waals surface area contributed by atoms with Crippen molar-refractivity contribution in [2.24, 2.45) is 5.10 Å². The lowest BCUT2D eigenvalue weighted by atomic mass is 10.0. The van der Waals surface area contributed by atoms with E-state index in [1.165, 1.54) is 12.3 Å². The summed E-state index contributed by atoms with van der Waals surface area (Å²) in [7, 11) is 0. The van der Waals surface area contributed by atoms with E-state index in [0.717, 1.165) is 23.3 Å². The van der Waals surface area contributed by atoms with Crippen LogP contribution in [0.5, 0.6) is 5.75 Å². The minimum Gasteiger partial charge on any atom is -0.483 e. The van der Waals surface area contributed by atoms with E-state index in [0.29, 0.717) is 11.3 Å². The van der Waals surface area contributed by atoms with Gasteiger partial charge >= 0.3 is 0 Å². The number of amides is 1. The Hall–Kier alpha value is -2.76. The second-order valence-corrected chi connectivity index (χ2v) is 5.95. The van der Waals surface area contributed by atoms with Gasteiger partial charge < -0.3 is 4.74 Å². The molecule has 0 aliphatic heterocycles. The lowest BCUT2D eigenvalue weighted by Crippen LogP contribution is -2.25. The average Bonchev–Trinajstić information content (AvgIpc) is 2.56. The number of ether oxygens (including phenoxy) is 1. The van der Waals surface area contributed by atoms with Gasteiger partial charge in [0, 0.05) is 0 Å². The highest BCUT2D eigenvalue weighted by atomic mass is 19.2. The zero-order valence-electron chi connectivity index (χ0n) is 14.3. The fraction of sp³-hybridized carbons (Fsp3) is 0.263. The summed E-state index contributed by atoms with van der Waals surface area (Å²) in [6, 6.07) is 9.19. The Kier molecular flexibility index (Phi) is 6.22. The maximum Gasteiger partial charge on any atom is 0.277 e. The quantitative estimate of drug-likeness (QED) is 0.636. The second-order valence-electron chi connectivity index (χ2n) is 5.95. The Morgan fingerprint density at radius 3 is 2.64 bits per heavy atom. The highest BCUT2D eigenvalue weighted by molar-refractivity contribution is 5.82. The molecule has 0 aliphatic rings. The van der Waals surface area contributed by atoms with Crippen LogP contribution in [0.15, 0.2) is 41.5 Å². The third-order valence-electron chi connectivity index (χ3n) is 3.50. The molecule has 0 aromatic heterocycles. The molecule has 0 fully saturated rings. The largest absolute Gasteiger partial charge is 0.483 e. The molecule has 2 aromatic carbocycles. The summed E-state index contributed by atoms with van der Waals surface area (Å²) in [6.07, 6.45) is 1.23. The SMILES string of the molecule is Cc1ccc(C(C)C)c(OCC(=O)N/N=C/c2ccc(F)c(F)c2)c1. The minimum atomic E-state index is -0.973. The van der Waals surface area contributed by atoms with Crippen LogP contribution in [0.1, 0.15) is 36.5 Å². The van der Waals surface area contributed by atoms with Crippen molar-refractivity contribution < 1.29 is 18.3 Å².